The first-order valence-corrected chi connectivity index (χ1v) is 9.32. The van der Waals surface area contributed by atoms with Crippen LogP contribution in [0.5, 0.6) is 0 Å². The highest BCUT2D eigenvalue weighted by Crippen LogP contribution is 2.32. The van der Waals surface area contributed by atoms with E-state index >= 15 is 0 Å². The van der Waals surface area contributed by atoms with E-state index in [9.17, 15) is 31.5 Å². The van der Waals surface area contributed by atoms with Crippen molar-refractivity contribution in [2.75, 3.05) is 19.6 Å². The van der Waals surface area contributed by atoms with Gasteiger partial charge in [0.25, 0.3) is 0 Å². The highest BCUT2D eigenvalue weighted by molar-refractivity contribution is 5.81. The Hall–Kier alpha value is -2.76. The van der Waals surface area contributed by atoms with Crippen molar-refractivity contribution in [2.45, 2.75) is 37.9 Å². The predicted molar refractivity (Wildman–Crippen MR) is 93.8 cm³/mol. The molecule has 7 nitrogen and oxygen atoms in total. The van der Waals surface area contributed by atoms with Crippen LogP contribution in [0.3, 0.4) is 0 Å². The molecule has 1 amide bonds. The Labute approximate surface area is 167 Å². The monoisotopic (exact) mass is 431 g/mol. The van der Waals surface area contributed by atoms with Gasteiger partial charge >= 0.3 is 11.9 Å². The van der Waals surface area contributed by atoms with Gasteiger partial charge in [-0.25, -0.2) is 18.3 Å². The summed E-state index contributed by atoms with van der Waals surface area (Å²) in [6, 6.07) is 1.54. The van der Waals surface area contributed by atoms with Crippen LogP contribution >= 0.6 is 0 Å². The number of carbonyl (C=O) groups is 1. The minimum Gasteiger partial charge on any atom is -0.338 e. The molecule has 1 saturated heterocycles. The Morgan fingerprint density at radius 3 is 2.73 bits per heavy atom. The summed E-state index contributed by atoms with van der Waals surface area (Å²) in [5, 5.41) is 7.09. The summed E-state index contributed by atoms with van der Waals surface area (Å²) in [5.74, 6) is -1.57. The Bertz CT molecular complexity index is 1030. The highest BCUT2D eigenvalue weighted by Gasteiger charge is 2.37. The predicted octanol–water partition coefficient (Wildman–Crippen LogP) is 1.47. The van der Waals surface area contributed by atoms with Gasteiger partial charge in [-0.3, -0.25) is 9.36 Å². The molecule has 0 spiro atoms. The van der Waals surface area contributed by atoms with E-state index in [1.165, 1.54) is 9.47 Å². The fourth-order valence-corrected chi connectivity index (χ4v) is 3.80. The summed E-state index contributed by atoms with van der Waals surface area (Å²) < 4.78 is 67.9. The molecule has 0 bridgehead atoms. The third kappa shape index (κ3) is 3.71. The van der Waals surface area contributed by atoms with Crippen molar-refractivity contribution in [3.05, 3.63) is 51.5 Å². The maximum atomic E-state index is 13.5. The summed E-state index contributed by atoms with van der Waals surface area (Å²) in [4.78, 5) is 27.0. The van der Waals surface area contributed by atoms with Crippen LogP contribution in [0.2, 0.25) is 0 Å². The van der Waals surface area contributed by atoms with Gasteiger partial charge in [-0.2, -0.15) is 18.3 Å². The number of fused-ring (bicyclic) bond motifs is 1. The van der Waals surface area contributed by atoms with Crippen molar-refractivity contribution in [2.24, 2.45) is 0 Å². The van der Waals surface area contributed by atoms with Gasteiger partial charge in [0.2, 0.25) is 5.91 Å². The van der Waals surface area contributed by atoms with Crippen molar-refractivity contribution < 1.29 is 26.7 Å². The van der Waals surface area contributed by atoms with E-state index in [1.54, 1.807) is 0 Å². The van der Waals surface area contributed by atoms with Crippen LogP contribution in [0.4, 0.5) is 22.0 Å². The smallest absolute Gasteiger partial charge is 0.338 e. The number of nitrogens with zero attached hydrogens (tertiary/aromatic N) is 4. The van der Waals surface area contributed by atoms with Crippen LogP contribution in [-0.2, 0) is 24.1 Å². The number of hydrogen-bond acceptors (Lipinski definition) is 4. The summed E-state index contributed by atoms with van der Waals surface area (Å²) in [5.41, 5.74) is -2.06. The number of rotatable bonds is 3. The second kappa shape index (κ2) is 7.49. The van der Waals surface area contributed by atoms with Gasteiger partial charge in [-0.15, -0.1) is 0 Å². The van der Waals surface area contributed by atoms with E-state index in [1.807, 2.05) is 0 Å². The van der Waals surface area contributed by atoms with Crippen molar-refractivity contribution in [1.29, 1.82) is 0 Å². The van der Waals surface area contributed by atoms with E-state index in [-0.39, 0.29) is 50.5 Å². The van der Waals surface area contributed by atoms with Crippen molar-refractivity contribution in [1.82, 2.24) is 24.6 Å². The second-order valence-electron chi connectivity index (χ2n) is 7.36. The fourth-order valence-electron chi connectivity index (χ4n) is 3.80. The largest absolute Gasteiger partial charge is 0.419 e. The first-order chi connectivity index (χ1) is 14.1. The van der Waals surface area contributed by atoms with Crippen LogP contribution in [0.15, 0.2) is 23.0 Å². The Balaban J connectivity index is 1.63. The average molecular weight is 431 g/mol. The first-order valence-electron chi connectivity index (χ1n) is 9.32. The Morgan fingerprint density at radius 1 is 1.30 bits per heavy atom. The molecule has 162 valence electrons. The summed E-state index contributed by atoms with van der Waals surface area (Å²) in [7, 11) is 0. The number of benzene rings is 1. The van der Waals surface area contributed by atoms with E-state index < -0.39 is 41.4 Å². The second-order valence-corrected chi connectivity index (χ2v) is 7.36. The van der Waals surface area contributed by atoms with Crippen LogP contribution in [-0.4, -0.2) is 51.0 Å². The van der Waals surface area contributed by atoms with E-state index in [2.05, 4.69) is 10.4 Å². The molecule has 0 aliphatic carbocycles. The van der Waals surface area contributed by atoms with Crippen LogP contribution < -0.4 is 11.0 Å². The molecule has 4 rings (SSSR count). The van der Waals surface area contributed by atoms with Crippen LogP contribution in [0.25, 0.3) is 0 Å². The topological polar surface area (TPSA) is 72.2 Å². The van der Waals surface area contributed by atoms with Gasteiger partial charge in [0.05, 0.1) is 25.2 Å². The van der Waals surface area contributed by atoms with Gasteiger partial charge in [-0.05, 0) is 24.1 Å². The number of halogens is 5. The molecule has 3 heterocycles. The lowest BCUT2D eigenvalue weighted by Gasteiger charge is -2.27. The molecule has 0 radical (unpaired) electrons. The normalized spacial score (nSPS) is 21.7. The third-order valence-electron chi connectivity index (χ3n) is 5.27. The van der Waals surface area contributed by atoms with Crippen molar-refractivity contribution >= 4 is 5.91 Å². The lowest BCUT2D eigenvalue weighted by Crippen LogP contribution is -2.47. The lowest BCUT2D eigenvalue weighted by molar-refractivity contribution is -0.140. The number of alkyl halides is 4. The zero-order valence-corrected chi connectivity index (χ0v) is 15.6. The van der Waals surface area contributed by atoms with Crippen molar-refractivity contribution in [3.63, 3.8) is 0 Å². The minimum atomic E-state index is -4.87. The Morgan fingerprint density at radius 2 is 2.07 bits per heavy atom. The van der Waals surface area contributed by atoms with Crippen LogP contribution in [0.1, 0.15) is 29.4 Å². The minimum absolute atomic E-state index is 0.0383. The van der Waals surface area contributed by atoms with Gasteiger partial charge in [0.15, 0.2) is 0 Å². The molecule has 30 heavy (non-hydrogen) atoms. The van der Waals surface area contributed by atoms with E-state index in [0.717, 1.165) is 10.7 Å². The molecule has 2 aliphatic rings. The maximum absolute atomic E-state index is 13.5. The van der Waals surface area contributed by atoms with E-state index in [0.29, 0.717) is 12.1 Å². The maximum Gasteiger partial charge on any atom is 0.419 e. The molecular formula is C18H18F5N5O2. The van der Waals surface area contributed by atoms with Gasteiger partial charge in [0, 0.05) is 13.1 Å². The molecule has 2 unspecified atom stereocenters. The van der Waals surface area contributed by atoms with E-state index in [4.69, 9.17) is 0 Å². The molecule has 1 aromatic heterocycles. The molecule has 1 aromatic carbocycles. The third-order valence-corrected chi connectivity index (χ3v) is 5.27. The number of nitrogens with one attached hydrogen (secondary N) is 1. The number of amides is 1. The summed E-state index contributed by atoms with van der Waals surface area (Å²) in [6.45, 7) is 0.238. The zero-order valence-electron chi connectivity index (χ0n) is 15.6. The molecule has 2 atom stereocenters. The molecule has 2 aromatic rings. The van der Waals surface area contributed by atoms with Crippen molar-refractivity contribution in [3.8, 4) is 0 Å². The molecule has 1 fully saturated rings. The number of carbonyl (C=O) groups excluding carboxylic acids is 1. The lowest BCUT2D eigenvalue weighted by atomic mass is 10.1. The SMILES string of the molecule is O=C(C1CNCc2nn(Cc3ccc(F)c(C(F)(F)F)c3)c(=O)n21)N1CCC(F)C1. The van der Waals surface area contributed by atoms with Gasteiger partial charge in [0.1, 0.15) is 23.9 Å². The molecule has 12 heteroatoms. The number of aromatic nitrogens is 3. The first kappa shape index (κ1) is 20.5. The Kier molecular flexibility index (Phi) is 5.12. The zero-order chi connectivity index (χ0) is 21.6. The molecule has 0 saturated carbocycles. The molecule has 2 aliphatic heterocycles. The summed E-state index contributed by atoms with van der Waals surface area (Å²) >= 11 is 0. The summed E-state index contributed by atoms with van der Waals surface area (Å²) in [6.07, 6.45) is -5.74. The fraction of sp³-hybridized carbons (Fsp3) is 0.500. The quantitative estimate of drug-likeness (QED) is 0.748. The van der Waals surface area contributed by atoms with Crippen LogP contribution in [0, 0.1) is 5.82 Å². The standard InChI is InChI=1S/C18H18F5N5O2/c19-11-3-4-26(9-11)16(29)14-6-24-7-15-25-27(17(30)28(14)15)8-10-1-2-13(20)12(5-10)18(21,22)23/h1-2,5,11,14,24H,3-4,6-9H2. The molecule has 1 N–H and O–H groups in total. The number of hydrogen-bond donors (Lipinski definition) is 1. The average Bonchev–Trinajstić information content (AvgIpc) is 3.25. The van der Waals surface area contributed by atoms with Gasteiger partial charge in [-0.1, -0.05) is 6.07 Å². The number of likely N-dealkylation sites (tertiary alicyclic amines) is 1. The highest BCUT2D eigenvalue weighted by atomic mass is 19.4. The van der Waals surface area contributed by atoms with Gasteiger partial charge < -0.3 is 10.2 Å². The molecular weight excluding hydrogens is 413 g/mol.